The van der Waals surface area contributed by atoms with Gasteiger partial charge >= 0.3 is 0 Å². The van der Waals surface area contributed by atoms with Crippen LogP contribution in [-0.2, 0) is 11.3 Å². The van der Waals surface area contributed by atoms with Crippen LogP contribution in [0.5, 0.6) is 0 Å². The second-order valence-corrected chi connectivity index (χ2v) is 6.70. The number of nitrogens with zero attached hydrogens (tertiary/aromatic N) is 4. The number of aromatic nitrogens is 3. The van der Waals surface area contributed by atoms with Gasteiger partial charge in [-0.3, -0.25) is 4.79 Å². The lowest BCUT2D eigenvalue weighted by Gasteiger charge is -2.34. The SMILES string of the molecule is O=C(CCNCc1cccc2[nH]ccc12)N1CCN(c2ncccn2)CC1. The molecule has 140 valence electrons. The van der Waals surface area contributed by atoms with E-state index in [-0.39, 0.29) is 5.91 Å². The van der Waals surface area contributed by atoms with Gasteiger partial charge in [-0.25, -0.2) is 9.97 Å². The minimum absolute atomic E-state index is 0.205. The first-order chi connectivity index (χ1) is 13.3. The molecule has 1 aliphatic heterocycles. The molecule has 3 heterocycles. The second kappa shape index (κ2) is 8.18. The molecule has 1 aliphatic rings. The van der Waals surface area contributed by atoms with Crippen molar-refractivity contribution in [2.45, 2.75) is 13.0 Å². The molecule has 3 aromatic rings. The highest BCUT2D eigenvalue weighted by Gasteiger charge is 2.21. The Hall–Kier alpha value is -2.93. The first-order valence-corrected chi connectivity index (χ1v) is 9.37. The number of piperazine rings is 1. The Morgan fingerprint density at radius 2 is 1.89 bits per heavy atom. The van der Waals surface area contributed by atoms with Crippen LogP contribution in [0.2, 0.25) is 0 Å². The van der Waals surface area contributed by atoms with Gasteiger partial charge in [-0.05, 0) is 23.8 Å². The van der Waals surface area contributed by atoms with Gasteiger partial charge in [0.25, 0.3) is 0 Å². The average Bonchev–Trinajstić information content (AvgIpc) is 3.21. The Labute approximate surface area is 158 Å². The quantitative estimate of drug-likeness (QED) is 0.652. The number of H-pyrrole nitrogens is 1. The summed E-state index contributed by atoms with van der Waals surface area (Å²) in [7, 11) is 0. The molecule has 0 atom stereocenters. The van der Waals surface area contributed by atoms with E-state index in [1.165, 1.54) is 10.9 Å². The molecule has 1 saturated heterocycles. The van der Waals surface area contributed by atoms with Crippen molar-refractivity contribution < 1.29 is 4.79 Å². The number of nitrogens with one attached hydrogen (secondary N) is 2. The second-order valence-electron chi connectivity index (χ2n) is 6.70. The van der Waals surface area contributed by atoms with Crippen LogP contribution in [-0.4, -0.2) is 58.5 Å². The zero-order valence-electron chi connectivity index (χ0n) is 15.3. The molecule has 2 aromatic heterocycles. The third-order valence-electron chi connectivity index (χ3n) is 4.98. The van der Waals surface area contributed by atoms with E-state index in [4.69, 9.17) is 0 Å². The summed E-state index contributed by atoms with van der Waals surface area (Å²) in [4.78, 5) is 28.3. The first kappa shape index (κ1) is 17.5. The Morgan fingerprint density at radius 3 is 2.70 bits per heavy atom. The summed E-state index contributed by atoms with van der Waals surface area (Å²) in [6.45, 7) is 4.44. The largest absolute Gasteiger partial charge is 0.361 e. The van der Waals surface area contributed by atoms with E-state index in [9.17, 15) is 4.79 Å². The zero-order valence-corrected chi connectivity index (χ0v) is 15.3. The van der Waals surface area contributed by atoms with Crippen LogP contribution in [0.15, 0.2) is 48.9 Å². The molecule has 0 saturated carbocycles. The highest BCUT2D eigenvalue weighted by Crippen LogP contribution is 2.17. The number of rotatable bonds is 6. The fraction of sp³-hybridized carbons (Fsp3) is 0.350. The van der Waals surface area contributed by atoms with E-state index in [2.05, 4.69) is 49.4 Å². The smallest absolute Gasteiger partial charge is 0.225 e. The van der Waals surface area contributed by atoms with Crippen LogP contribution in [0, 0.1) is 0 Å². The van der Waals surface area contributed by atoms with Gasteiger partial charge in [-0.1, -0.05) is 12.1 Å². The van der Waals surface area contributed by atoms with Crippen molar-refractivity contribution in [1.29, 1.82) is 0 Å². The molecule has 1 amide bonds. The van der Waals surface area contributed by atoms with Crippen LogP contribution in [0.3, 0.4) is 0 Å². The molecule has 4 rings (SSSR count). The van der Waals surface area contributed by atoms with Gasteiger partial charge in [0.15, 0.2) is 0 Å². The zero-order chi connectivity index (χ0) is 18.5. The summed E-state index contributed by atoms with van der Waals surface area (Å²) < 4.78 is 0. The van der Waals surface area contributed by atoms with Gasteiger partial charge in [0.05, 0.1) is 0 Å². The van der Waals surface area contributed by atoms with Crippen LogP contribution < -0.4 is 10.2 Å². The van der Waals surface area contributed by atoms with Crippen molar-refractivity contribution in [3.63, 3.8) is 0 Å². The maximum absolute atomic E-state index is 12.5. The summed E-state index contributed by atoms with van der Waals surface area (Å²) in [5.41, 5.74) is 2.39. The van der Waals surface area contributed by atoms with Gasteiger partial charge in [-0.2, -0.15) is 0 Å². The van der Waals surface area contributed by atoms with Crippen molar-refractivity contribution >= 4 is 22.8 Å². The number of benzene rings is 1. The predicted molar refractivity (Wildman–Crippen MR) is 105 cm³/mol. The van der Waals surface area contributed by atoms with Crippen LogP contribution in [0.4, 0.5) is 5.95 Å². The van der Waals surface area contributed by atoms with Crippen molar-refractivity contribution in [3.8, 4) is 0 Å². The van der Waals surface area contributed by atoms with E-state index in [1.54, 1.807) is 12.4 Å². The molecule has 0 spiro atoms. The molecular formula is C20H24N6O. The number of aromatic amines is 1. The van der Waals surface area contributed by atoms with Crippen LogP contribution >= 0.6 is 0 Å². The van der Waals surface area contributed by atoms with Crippen molar-refractivity contribution in [3.05, 3.63) is 54.5 Å². The maximum Gasteiger partial charge on any atom is 0.225 e. The van der Waals surface area contributed by atoms with E-state index < -0.39 is 0 Å². The first-order valence-electron chi connectivity index (χ1n) is 9.37. The van der Waals surface area contributed by atoms with Gasteiger partial charge in [0.2, 0.25) is 11.9 Å². The maximum atomic E-state index is 12.5. The average molecular weight is 364 g/mol. The minimum Gasteiger partial charge on any atom is -0.361 e. The number of anilines is 1. The van der Waals surface area contributed by atoms with E-state index in [0.717, 1.165) is 44.2 Å². The number of hydrogen-bond acceptors (Lipinski definition) is 5. The summed E-state index contributed by atoms with van der Waals surface area (Å²) in [6, 6.07) is 10.1. The Morgan fingerprint density at radius 1 is 1.07 bits per heavy atom. The van der Waals surface area contributed by atoms with Crippen molar-refractivity contribution in [1.82, 2.24) is 25.2 Å². The highest BCUT2D eigenvalue weighted by molar-refractivity contribution is 5.82. The van der Waals surface area contributed by atoms with Gasteiger partial charge in [-0.15, -0.1) is 0 Å². The molecule has 1 fully saturated rings. The minimum atomic E-state index is 0.205. The summed E-state index contributed by atoms with van der Waals surface area (Å²) in [6.07, 6.45) is 5.97. The molecule has 0 radical (unpaired) electrons. The lowest BCUT2D eigenvalue weighted by atomic mass is 10.1. The third kappa shape index (κ3) is 4.09. The number of fused-ring (bicyclic) bond motifs is 1. The van der Waals surface area contributed by atoms with E-state index in [0.29, 0.717) is 13.0 Å². The normalized spacial score (nSPS) is 14.7. The summed E-state index contributed by atoms with van der Waals surface area (Å²) in [5.74, 6) is 0.946. The van der Waals surface area contributed by atoms with Crippen molar-refractivity contribution in [2.75, 3.05) is 37.6 Å². The Bertz CT molecular complexity index is 886. The highest BCUT2D eigenvalue weighted by atomic mass is 16.2. The lowest BCUT2D eigenvalue weighted by molar-refractivity contribution is -0.131. The molecule has 1 aromatic carbocycles. The summed E-state index contributed by atoms with van der Waals surface area (Å²) in [5, 5.41) is 4.63. The number of hydrogen-bond donors (Lipinski definition) is 2. The van der Waals surface area contributed by atoms with Gasteiger partial charge < -0.3 is 20.1 Å². The number of carbonyl (C=O) groups excluding carboxylic acids is 1. The number of carbonyl (C=O) groups is 1. The van der Waals surface area contributed by atoms with Crippen LogP contribution in [0.1, 0.15) is 12.0 Å². The molecule has 0 aliphatic carbocycles. The lowest BCUT2D eigenvalue weighted by Crippen LogP contribution is -2.49. The monoisotopic (exact) mass is 364 g/mol. The van der Waals surface area contributed by atoms with Gasteiger partial charge in [0.1, 0.15) is 0 Å². The molecule has 0 bridgehead atoms. The molecule has 0 unspecified atom stereocenters. The van der Waals surface area contributed by atoms with Gasteiger partial charge in [0, 0.05) is 75.2 Å². The summed E-state index contributed by atoms with van der Waals surface area (Å²) >= 11 is 0. The topological polar surface area (TPSA) is 77.2 Å². The van der Waals surface area contributed by atoms with Crippen LogP contribution in [0.25, 0.3) is 10.9 Å². The third-order valence-corrected chi connectivity index (χ3v) is 4.98. The molecule has 27 heavy (non-hydrogen) atoms. The number of amides is 1. The predicted octanol–water partition coefficient (Wildman–Crippen LogP) is 1.79. The molecule has 7 nitrogen and oxygen atoms in total. The van der Waals surface area contributed by atoms with Crippen molar-refractivity contribution in [2.24, 2.45) is 0 Å². The molecule has 2 N–H and O–H groups in total. The molecular weight excluding hydrogens is 340 g/mol. The fourth-order valence-corrected chi connectivity index (χ4v) is 3.49. The fourth-order valence-electron chi connectivity index (χ4n) is 3.49. The van der Waals surface area contributed by atoms with E-state index in [1.807, 2.05) is 17.2 Å². The standard InChI is InChI=1S/C20H24N6O/c27-19(25-11-13-26(14-12-25)20-23-7-2-8-24-20)6-9-21-15-16-3-1-4-18-17(16)5-10-22-18/h1-5,7-8,10,21-22H,6,9,11-15H2. The van der Waals surface area contributed by atoms with E-state index >= 15 is 0 Å². The Kier molecular flexibility index (Phi) is 5.29. The molecule has 7 heteroatoms. The Balaban J connectivity index is 1.21.